The van der Waals surface area contributed by atoms with Gasteiger partial charge in [-0.2, -0.15) is 0 Å². The molecule has 0 aromatic rings. The van der Waals surface area contributed by atoms with E-state index in [1.807, 2.05) is 0 Å². The Morgan fingerprint density at radius 3 is 0.792 bits per heavy atom. The normalized spacial score (nSPS) is 14.5. The van der Waals surface area contributed by atoms with E-state index in [1.165, 1.54) is 38.5 Å². The Morgan fingerprint density at radius 2 is 0.509 bits per heavy atom. The van der Waals surface area contributed by atoms with Crippen molar-refractivity contribution in [2.24, 2.45) is 0 Å². The number of phosphoric acid groups is 2. The molecule has 19 heteroatoms. The lowest BCUT2D eigenvalue weighted by atomic mass is 10.1. The minimum absolute atomic E-state index is 0.0720. The van der Waals surface area contributed by atoms with E-state index in [9.17, 15) is 43.2 Å². The van der Waals surface area contributed by atoms with Crippen LogP contribution in [0.5, 0.6) is 0 Å². The molecular weight excluding hydrogens is 1380 g/mol. The van der Waals surface area contributed by atoms with E-state index >= 15 is 0 Å². The maximum absolute atomic E-state index is 13.1. The zero-order valence-electron chi connectivity index (χ0n) is 66.6. The summed E-state index contributed by atoms with van der Waals surface area (Å²) >= 11 is 0. The van der Waals surface area contributed by atoms with Crippen LogP contribution < -0.4 is 0 Å². The molecule has 3 N–H and O–H groups in total. The van der Waals surface area contributed by atoms with Crippen LogP contribution in [-0.4, -0.2) is 96.7 Å². The lowest BCUT2D eigenvalue weighted by Gasteiger charge is -2.21. The Hall–Kier alpha value is -4.80. The molecule has 0 radical (unpaired) electrons. The van der Waals surface area contributed by atoms with Gasteiger partial charge < -0.3 is 33.8 Å². The smallest absolute Gasteiger partial charge is 0.462 e. The number of ether oxygens (including phenoxy) is 4. The lowest BCUT2D eigenvalue weighted by molar-refractivity contribution is -0.161. The van der Waals surface area contributed by atoms with Crippen LogP contribution in [-0.2, 0) is 65.4 Å². The molecule has 0 aromatic carbocycles. The minimum Gasteiger partial charge on any atom is -0.462 e. The number of aliphatic hydroxyl groups is 1. The highest BCUT2D eigenvalue weighted by Gasteiger charge is 2.30. The molecule has 106 heavy (non-hydrogen) atoms. The summed E-state index contributed by atoms with van der Waals surface area (Å²) in [5.74, 6) is -2.23. The van der Waals surface area contributed by atoms with Gasteiger partial charge in [-0.1, -0.05) is 283 Å². The SMILES string of the molecule is CC/C=C\C/C=C\C/C=C\C/C=C\CCCCCCCCC(=O)OCC(COP(=O)(O)OCC(O)COP(=O)(O)OCC(COC(=O)CCCCCCCC/C=C\C/C=C\C/C=C\CCCCC)OC(=O)CCCCCCC/C=C\C/C=C\CCCCC)OC(=O)CCCCCCC/C=C\C/C=C\CCC. The molecule has 17 nitrogen and oxygen atoms in total. The van der Waals surface area contributed by atoms with Gasteiger partial charge in [0, 0.05) is 25.7 Å². The van der Waals surface area contributed by atoms with Crippen molar-refractivity contribution >= 4 is 39.5 Å². The number of hydrogen-bond acceptors (Lipinski definition) is 15. The standard InChI is InChI=1S/C87H148O17P2/c1-5-9-13-17-21-25-29-33-36-38-40-42-45-48-51-55-59-63-67-71-84(89)97-77-82(103-86(91)73-69-65-61-57-53-47-32-28-24-20-16-12-8-4)79-101-105(93,94)99-75-81(88)76-100-106(95,96)102-80-83(104-87(92)74-70-66-62-58-54-50-44-35-31-27-23-19-15-11-7-3)78-98-85(90)72-68-64-60-56-52-49-46-43-41-39-37-34-30-26-22-18-14-10-6-2/h9,13,16,20-23,25-28,32-37,40-44,81-83,88H,5-8,10-12,14-15,17-19,24,29-31,38-39,45-80H2,1-4H3,(H,93,94)(H,95,96)/b13-9-,20-16-,25-21-,26-22-,27-23-,32-28-,36-33-,37-34-,42-40-,43-41-,44-35-. The predicted octanol–water partition coefficient (Wildman–Crippen LogP) is 24.4. The molecule has 0 rings (SSSR count). The van der Waals surface area contributed by atoms with E-state index < -0.39 is 97.5 Å². The molecule has 5 unspecified atom stereocenters. The van der Waals surface area contributed by atoms with Gasteiger partial charge in [-0.25, -0.2) is 9.13 Å². The lowest BCUT2D eigenvalue weighted by Crippen LogP contribution is -2.30. The highest BCUT2D eigenvalue weighted by Crippen LogP contribution is 2.45. The number of aliphatic hydroxyl groups excluding tert-OH is 1. The first kappa shape index (κ1) is 101. The van der Waals surface area contributed by atoms with E-state index in [4.69, 9.17) is 37.0 Å². The molecule has 0 aliphatic rings. The third kappa shape index (κ3) is 77.4. The van der Waals surface area contributed by atoms with Gasteiger partial charge in [0.1, 0.15) is 19.3 Å². The highest BCUT2D eigenvalue weighted by molar-refractivity contribution is 7.47. The summed E-state index contributed by atoms with van der Waals surface area (Å²) < 4.78 is 68.7. The fraction of sp³-hybridized carbons (Fsp3) is 0.701. The number of allylic oxidation sites excluding steroid dienone is 22. The van der Waals surface area contributed by atoms with Crippen molar-refractivity contribution in [2.45, 2.75) is 354 Å². The van der Waals surface area contributed by atoms with Gasteiger partial charge in [-0.05, 0) is 161 Å². The van der Waals surface area contributed by atoms with Gasteiger partial charge in [-0.3, -0.25) is 37.3 Å². The van der Waals surface area contributed by atoms with Crippen LogP contribution in [0.3, 0.4) is 0 Å². The van der Waals surface area contributed by atoms with Gasteiger partial charge in [0.2, 0.25) is 0 Å². The van der Waals surface area contributed by atoms with E-state index in [0.717, 1.165) is 218 Å². The zero-order valence-corrected chi connectivity index (χ0v) is 68.4. The van der Waals surface area contributed by atoms with Gasteiger partial charge in [0.15, 0.2) is 12.2 Å². The van der Waals surface area contributed by atoms with Crippen molar-refractivity contribution in [1.82, 2.24) is 0 Å². The van der Waals surface area contributed by atoms with Crippen molar-refractivity contribution < 1.29 is 80.2 Å². The Labute approximate surface area is 644 Å². The number of esters is 4. The summed E-state index contributed by atoms with van der Waals surface area (Å²) in [5.41, 5.74) is 0. The third-order valence-electron chi connectivity index (χ3n) is 17.0. The van der Waals surface area contributed by atoms with Crippen LogP contribution in [0.25, 0.3) is 0 Å². The quantitative estimate of drug-likeness (QED) is 0.0169. The van der Waals surface area contributed by atoms with Gasteiger partial charge in [0.05, 0.1) is 26.4 Å². The summed E-state index contributed by atoms with van der Waals surface area (Å²) in [6.07, 6.45) is 88.4. The summed E-state index contributed by atoms with van der Waals surface area (Å²) in [6.45, 7) is 4.61. The maximum atomic E-state index is 13.1. The van der Waals surface area contributed by atoms with Crippen molar-refractivity contribution in [3.8, 4) is 0 Å². The van der Waals surface area contributed by atoms with Crippen LogP contribution in [0.4, 0.5) is 0 Å². The molecule has 0 aromatic heterocycles. The van der Waals surface area contributed by atoms with E-state index in [-0.39, 0.29) is 25.7 Å². The molecule has 608 valence electrons. The number of rotatable bonds is 77. The van der Waals surface area contributed by atoms with Crippen molar-refractivity contribution in [2.75, 3.05) is 39.6 Å². The second-order valence-electron chi connectivity index (χ2n) is 27.3. The molecular formula is C87H148O17P2. The van der Waals surface area contributed by atoms with E-state index in [2.05, 4.69) is 161 Å². The molecule has 0 bridgehead atoms. The molecule has 0 spiro atoms. The molecule has 0 aliphatic heterocycles. The first-order chi connectivity index (χ1) is 51.7. The maximum Gasteiger partial charge on any atom is 0.472 e. The van der Waals surface area contributed by atoms with Crippen LogP contribution in [0.2, 0.25) is 0 Å². The number of carbonyl (C=O) groups is 4. The van der Waals surface area contributed by atoms with Crippen LogP contribution in [0, 0.1) is 0 Å². The van der Waals surface area contributed by atoms with Gasteiger partial charge in [0.25, 0.3) is 0 Å². The summed E-state index contributed by atoms with van der Waals surface area (Å²) in [4.78, 5) is 73.1. The molecule has 0 saturated carbocycles. The first-order valence-corrected chi connectivity index (χ1v) is 44.4. The van der Waals surface area contributed by atoms with Crippen molar-refractivity contribution in [3.63, 3.8) is 0 Å². The topological polar surface area (TPSA) is 237 Å². The minimum atomic E-state index is -4.99. The Balaban J connectivity index is 5.38. The predicted molar refractivity (Wildman–Crippen MR) is 436 cm³/mol. The van der Waals surface area contributed by atoms with Gasteiger partial charge in [-0.15, -0.1) is 0 Å². The van der Waals surface area contributed by atoms with Crippen LogP contribution in [0.15, 0.2) is 134 Å². The number of hydrogen-bond donors (Lipinski definition) is 3. The van der Waals surface area contributed by atoms with Gasteiger partial charge >= 0.3 is 39.5 Å². The largest absolute Gasteiger partial charge is 0.472 e. The highest BCUT2D eigenvalue weighted by atomic mass is 31.2. The number of unbranched alkanes of at least 4 members (excludes halogenated alkanes) is 29. The summed E-state index contributed by atoms with van der Waals surface area (Å²) in [6, 6.07) is 0. The zero-order chi connectivity index (χ0) is 77.4. The van der Waals surface area contributed by atoms with E-state index in [0.29, 0.717) is 25.7 Å². The number of carbonyl (C=O) groups excluding carboxylic acids is 4. The molecule has 5 atom stereocenters. The molecule has 0 amide bonds. The Bertz CT molecular complexity index is 2530. The van der Waals surface area contributed by atoms with E-state index in [1.54, 1.807) is 0 Å². The molecule has 0 fully saturated rings. The molecule has 0 aliphatic carbocycles. The fourth-order valence-electron chi connectivity index (χ4n) is 10.8. The Kier molecular flexibility index (Phi) is 74.8. The monoisotopic (exact) mass is 1530 g/mol. The average Bonchev–Trinajstić information content (AvgIpc) is 0.901. The second kappa shape index (κ2) is 78.3. The average molecular weight is 1530 g/mol. The number of phosphoric ester groups is 2. The fourth-order valence-corrected chi connectivity index (χ4v) is 12.3. The van der Waals surface area contributed by atoms with Crippen molar-refractivity contribution in [1.29, 1.82) is 0 Å². The first-order valence-electron chi connectivity index (χ1n) is 41.4. The second-order valence-corrected chi connectivity index (χ2v) is 30.2. The van der Waals surface area contributed by atoms with Crippen molar-refractivity contribution in [3.05, 3.63) is 134 Å². The summed E-state index contributed by atoms with van der Waals surface area (Å²) in [7, 11) is -9.98. The molecule has 0 heterocycles. The summed E-state index contributed by atoms with van der Waals surface area (Å²) in [5, 5.41) is 10.7. The molecule has 0 saturated heterocycles. The van der Waals surface area contributed by atoms with Crippen LogP contribution >= 0.6 is 15.6 Å². The Morgan fingerprint density at radius 1 is 0.274 bits per heavy atom. The third-order valence-corrected chi connectivity index (χ3v) is 19.0. The van der Waals surface area contributed by atoms with Crippen LogP contribution in [0.1, 0.15) is 336 Å².